The first-order valence-electron chi connectivity index (χ1n) is 5.24. The lowest BCUT2D eigenvalue weighted by atomic mass is 10.3. The first kappa shape index (κ1) is 11.0. The molecule has 1 amide bonds. The summed E-state index contributed by atoms with van der Waals surface area (Å²) in [5.74, 6) is -0.0509. The molecule has 1 aliphatic rings. The maximum absolute atomic E-state index is 11.8. The molecular weight excluding hydrogens is 210 g/mol. The molecule has 2 heterocycles. The number of likely N-dealkylation sites (tertiary alicyclic amines) is 1. The molecule has 1 atom stereocenters. The number of aliphatic hydroxyl groups is 1. The third kappa shape index (κ3) is 2.37. The number of hydrogen-bond acceptors (Lipinski definition) is 5. The van der Waals surface area contributed by atoms with Crippen molar-refractivity contribution in [3.05, 3.63) is 11.9 Å². The van der Waals surface area contributed by atoms with Crippen molar-refractivity contribution in [2.75, 3.05) is 13.1 Å². The van der Waals surface area contributed by atoms with Crippen LogP contribution in [0.5, 0.6) is 0 Å². The fourth-order valence-electron chi connectivity index (χ4n) is 1.72. The van der Waals surface area contributed by atoms with Gasteiger partial charge in [-0.25, -0.2) is 4.68 Å². The van der Waals surface area contributed by atoms with Gasteiger partial charge in [-0.2, -0.15) is 0 Å². The van der Waals surface area contributed by atoms with Gasteiger partial charge in [-0.1, -0.05) is 5.21 Å². The summed E-state index contributed by atoms with van der Waals surface area (Å²) in [7, 11) is 0. The number of carbonyl (C=O) groups is 1. The van der Waals surface area contributed by atoms with Crippen LogP contribution in [0.4, 0.5) is 0 Å². The van der Waals surface area contributed by atoms with Crippen LogP contribution in [-0.4, -0.2) is 50.1 Å². The molecule has 1 aromatic heterocycles. The number of aliphatic hydroxyl groups excluding tert-OH is 1. The van der Waals surface area contributed by atoms with Gasteiger partial charge in [0.25, 0.3) is 0 Å². The molecule has 0 aliphatic carbocycles. The van der Waals surface area contributed by atoms with E-state index in [1.54, 1.807) is 11.1 Å². The molecule has 7 nitrogen and oxygen atoms in total. The minimum atomic E-state index is -0.390. The molecule has 16 heavy (non-hydrogen) atoms. The molecule has 0 spiro atoms. The predicted octanol–water partition coefficient (Wildman–Crippen LogP) is -1.67. The first-order chi connectivity index (χ1) is 7.69. The molecule has 0 radical (unpaired) electrons. The van der Waals surface area contributed by atoms with E-state index in [1.807, 2.05) is 0 Å². The Bertz CT molecular complexity index is 378. The molecular formula is C9H15N5O2. The van der Waals surface area contributed by atoms with Gasteiger partial charge in [-0.3, -0.25) is 4.79 Å². The van der Waals surface area contributed by atoms with Crippen LogP contribution in [0.1, 0.15) is 12.1 Å². The quantitative estimate of drug-likeness (QED) is 0.641. The highest BCUT2D eigenvalue weighted by Gasteiger charge is 2.24. The molecule has 3 N–H and O–H groups in total. The molecule has 1 aliphatic heterocycles. The van der Waals surface area contributed by atoms with Crippen LogP contribution in [0.15, 0.2) is 6.20 Å². The van der Waals surface area contributed by atoms with Gasteiger partial charge in [0.2, 0.25) is 5.91 Å². The lowest BCUT2D eigenvalue weighted by Gasteiger charge is -2.14. The maximum Gasteiger partial charge on any atom is 0.244 e. The molecule has 2 rings (SSSR count). The van der Waals surface area contributed by atoms with Crippen LogP contribution < -0.4 is 5.73 Å². The van der Waals surface area contributed by atoms with Gasteiger partial charge in [0, 0.05) is 19.6 Å². The number of β-amino-alcohol motifs (C(OH)–C–C–N with tert-alkyl or cyclic N) is 1. The zero-order valence-electron chi connectivity index (χ0n) is 8.91. The minimum absolute atomic E-state index is 0.0509. The van der Waals surface area contributed by atoms with Crippen LogP contribution in [-0.2, 0) is 17.9 Å². The number of carbonyl (C=O) groups excluding carboxylic acids is 1. The predicted molar refractivity (Wildman–Crippen MR) is 55.1 cm³/mol. The highest BCUT2D eigenvalue weighted by Crippen LogP contribution is 2.09. The highest BCUT2D eigenvalue weighted by atomic mass is 16.3. The maximum atomic E-state index is 11.8. The summed E-state index contributed by atoms with van der Waals surface area (Å²) in [4.78, 5) is 13.4. The minimum Gasteiger partial charge on any atom is -0.391 e. The van der Waals surface area contributed by atoms with E-state index in [2.05, 4.69) is 10.3 Å². The molecule has 1 fully saturated rings. The molecule has 0 unspecified atom stereocenters. The largest absolute Gasteiger partial charge is 0.391 e. The lowest BCUT2D eigenvalue weighted by molar-refractivity contribution is -0.131. The van der Waals surface area contributed by atoms with Crippen molar-refractivity contribution in [1.82, 2.24) is 19.9 Å². The Morgan fingerprint density at radius 1 is 1.69 bits per heavy atom. The van der Waals surface area contributed by atoms with Crippen molar-refractivity contribution in [3.63, 3.8) is 0 Å². The summed E-state index contributed by atoms with van der Waals surface area (Å²) in [5.41, 5.74) is 6.05. The number of nitrogens with zero attached hydrogens (tertiary/aromatic N) is 4. The second kappa shape index (κ2) is 4.58. The SMILES string of the molecule is NCc1cn(CC(=O)N2CC[C@H](O)C2)nn1. The van der Waals surface area contributed by atoms with Gasteiger partial charge in [0.1, 0.15) is 6.54 Å². The standard InChI is InChI=1S/C9H15N5O2/c10-3-7-4-14(12-11-7)6-9(16)13-2-1-8(15)5-13/h4,8,15H,1-3,5-6,10H2/t8-/m0/s1. The Hall–Kier alpha value is -1.47. The van der Waals surface area contributed by atoms with E-state index in [4.69, 9.17) is 5.73 Å². The Kier molecular flexibility index (Phi) is 3.16. The van der Waals surface area contributed by atoms with Crippen molar-refractivity contribution in [2.24, 2.45) is 5.73 Å². The summed E-state index contributed by atoms with van der Waals surface area (Å²) in [6, 6.07) is 0. The van der Waals surface area contributed by atoms with E-state index in [0.29, 0.717) is 31.7 Å². The van der Waals surface area contributed by atoms with Crippen molar-refractivity contribution < 1.29 is 9.90 Å². The van der Waals surface area contributed by atoms with E-state index >= 15 is 0 Å². The third-order valence-electron chi connectivity index (χ3n) is 2.61. The molecule has 0 bridgehead atoms. The average Bonchev–Trinajstić information content (AvgIpc) is 2.87. The van der Waals surface area contributed by atoms with Crippen molar-refractivity contribution in [2.45, 2.75) is 25.6 Å². The first-order valence-corrected chi connectivity index (χ1v) is 5.24. The summed E-state index contributed by atoms with van der Waals surface area (Å²) >= 11 is 0. The molecule has 1 aromatic rings. The number of nitrogens with two attached hydrogens (primary N) is 1. The zero-order chi connectivity index (χ0) is 11.5. The Labute approximate surface area is 92.8 Å². The zero-order valence-corrected chi connectivity index (χ0v) is 8.91. The van der Waals surface area contributed by atoms with Crippen LogP contribution in [0.3, 0.4) is 0 Å². The Balaban J connectivity index is 1.91. The summed E-state index contributed by atoms with van der Waals surface area (Å²) in [6.45, 7) is 1.49. The van der Waals surface area contributed by atoms with Crippen LogP contribution in [0.2, 0.25) is 0 Å². The van der Waals surface area contributed by atoms with E-state index < -0.39 is 0 Å². The van der Waals surface area contributed by atoms with Crippen LogP contribution in [0, 0.1) is 0 Å². The molecule has 1 saturated heterocycles. The van der Waals surface area contributed by atoms with Gasteiger partial charge in [0.05, 0.1) is 18.0 Å². The van der Waals surface area contributed by atoms with Crippen molar-refractivity contribution >= 4 is 5.91 Å². The van der Waals surface area contributed by atoms with Gasteiger partial charge in [-0.15, -0.1) is 5.10 Å². The van der Waals surface area contributed by atoms with E-state index in [1.165, 1.54) is 4.68 Å². The summed E-state index contributed by atoms with van der Waals surface area (Å²) in [6.07, 6.45) is 1.92. The second-order valence-corrected chi connectivity index (χ2v) is 3.89. The monoisotopic (exact) mass is 225 g/mol. The summed E-state index contributed by atoms with van der Waals surface area (Å²) < 4.78 is 1.47. The Morgan fingerprint density at radius 2 is 2.50 bits per heavy atom. The van der Waals surface area contributed by atoms with E-state index in [9.17, 15) is 9.90 Å². The Morgan fingerprint density at radius 3 is 3.06 bits per heavy atom. The molecule has 88 valence electrons. The van der Waals surface area contributed by atoms with E-state index in [-0.39, 0.29) is 18.6 Å². The molecule has 7 heteroatoms. The van der Waals surface area contributed by atoms with Crippen molar-refractivity contribution in [3.8, 4) is 0 Å². The van der Waals surface area contributed by atoms with Gasteiger partial charge in [0.15, 0.2) is 0 Å². The topological polar surface area (TPSA) is 97.3 Å². The van der Waals surface area contributed by atoms with E-state index in [0.717, 1.165) is 0 Å². The van der Waals surface area contributed by atoms with Crippen LogP contribution >= 0.6 is 0 Å². The average molecular weight is 225 g/mol. The fraction of sp³-hybridized carbons (Fsp3) is 0.667. The smallest absolute Gasteiger partial charge is 0.244 e. The van der Waals surface area contributed by atoms with Crippen LogP contribution in [0.25, 0.3) is 0 Å². The number of hydrogen-bond donors (Lipinski definition) is 2. The number of rotatable bonds is 3. The molecule has 0 saturated carbocycles. The van der Waals surface area contributed by atoms with Gasteiger partial charge >= 0.3 is 0 Å². The lowest BCUT2D eigenvalue weighted by Crippen LogP contribution is -2.32. The highest BCUT2D eigenvalue weighted by molar-refractivity contribution is 5.76. The third-order valence-corrected chi connectivity index (χ3v) is 2.61. The van der Waals surface area contributed by atoms with Crippen molar-refractivity contribution in [1.29, 1.82) is 0 Å². The number of amides is 1. The second-order valence-electron chi connectivity index (χ2n) is 3.89. The summed E-state index contributed by atoms with van der Waals surface area (Å²) in [5, 5.41) is 16.9. The molecule has 0 aromatic carbocycles. The van der Waals surface area contributed by atoms with Gasteiger partial charge < -0.3 is 15.7 Å². The fourth-order valence-corrected chi connectivity index (χ4v) is 1.72. The number of aromatic nitrogens is 3. The van der Waals surface area contributed by atoms with Gasteiger partial charge in [-0.05, 0) is 6.42 Å². The normalized spacial score (nSPS) is 20.4.